The third-order valence-corrected chi connectivity index (χ3v) is 5.41. The maximum atomic E-state index is 12.7. The zero-order chi connectivity index (χ0) is 25.4. The van der Waals surface area contributed by atoms with Crippen LogP contribution in [0.2, 0.25) is 0 Å². The highest BCUT2D eigenvalue weighted by Crippen LogP contribution is 2.33. The molecule has 2 rings (SSSR count). The van der Waals surface area contributed by atoms with Gasteiger partial charge in [-0.05, 0) is 35.9 Å². The number of aromatic nitrogens is 2. The number of halogens is 1. The molecule has 1 aliphatic heterocycles. The average molecular weight is 594 g/mol. The lowest BCUT2D eigenvalue weighted by Crippen LogP contribution is -2.40. The summed E-state index contributed by atoms with van der Waals surface area (Å²) >= 11 is 1.86. The second kappa shape index (κ2) is 12.6. The van der Waals surface area contributed by atoms with Crippen LogP contribution < -0.4 is 16.3 Å². The van der Waals surface area contributed by atoms with Gasteiger partial charge in [0.05, 0.1) is 16.3 Å². The fourth-order valence-electron chi connectivity index (χ4n) is 3.14. The van der Waals surface area contributed by atoms with Crippen LogP contribution in [0.5, 0.6) is 0 Å². The molecular weight excluding hydrogens is 567 g/mol. The second-order valence-corrected chi connectivity index (χ2v) is 8.49. The highest BCUT2D eigenvalue weighted by atomic mass is 127. The predicted molar refractivity (Wildman–Crippen MR) is 125 cm³/mol. The Balaban J connectivity index is 2.09. The van der Waals surface area contributed by atoms with Crippen molar-refractivity contribution in [1.82, 2.24) is 14.9 Å². The molecule has 0 unspecified atom stereocenters. The number of anilines is 1. The Morgan fingerprint density at radius 3 is 2.44 bits per heavy atom. The van der Waals surface area contributed by atoms with Gasteiger partial charge in [0.2, 0.25) is 5.91 Å². The molecule has 0 aliphatic carbocycles. The lowest BCUT2D eigenvalue weighted by Gasteiger charge is -2.23. The summed E-state index contributed by atoms with van der Waals surface area (Å²) in [5, 5.41) is 5.05. The lowest BCUT2D eigenvalue weighted by atomic mass is 10.1. The zero-order valence-electron chi connectivity index (χ0n) is 19.2. The molecule has 2 heterocycles. The van der Waals surface area contributed by atoms with Gasteiger partial charge in [0, 0.05) is 33.0 Å². The van der Waals surface area contributed by atoms with Crippen molar-refractivity contribution in [3.8, 4) is 0 Å². The first-order valence-electron chi connectivity index (χ1n) is 10.5. The summed E-state index contributed by atoms with van der Waals surface area (Å²) in [5.74, 6) is -1.36. The van der Waals surface area contributed by atoms with E-state index in [2.05, 4.69) is 15.6 Å². The summed E-state index contributed by atoms with van der Waals surface area (Å²) in [7, 11) is 0. The standard InChI is InChI=1S/C20H27IN4O9/c1-5-14(28)22-7-6-8-31-20(30)24-17-13(21)9-25(19(29)23-17)18-16(34-12(4)27)15(10(2)32-18)33-11(3)26/h9-10,15-16,18H,5-8H2,1-4H3,(H,22,28)(H,23,24,29,30)/t10-,15-,16-,18-/m1/s1. The first-order valence-corrected chi connectivity index (χ1v) is 11.6. The van der Waals surface area contributed by atoms with Gasteiger partial charge in [-0.15, -0.1) is 0 Å². The average Bonchev–Trinajstić information content (AvgIpc) is 3.04. The van der Waals surface area contributed by atoms with Crippen LogP contribution >= 0.6 is 22.6 Å². The van der Waals surface area contributed by atoms with Crippen LogP contribution in [0.15, 0.2) is 11.0 Å². The predicted octanol–water partition coefficient (Wildman–Crippen LogP) is 1.09. The summed E-state index contributed by atoms with van der Waals surface area (Å²) in [5.41, 5.74) is -0.796. The molecule has 0 spiro atoms. The second-order valence-electron chi connectivity index (χ2n) is 7.33. The Kier molecular flexibility index (Phi) is 10.2. The molecule has 2 amide bonds. The van der Waals surface area contributed by atoms with Crippen LogP contribution in [0.25, 0.3) is 0 Å². The Morgan fingerprint density at radius 1 is 1.18 bits per heavy atom. The van der Waals surface area contributed by atoms with E-state index in [0.29, 0.717) is 23.0 Å². The number of nitrogens with one attached hydrogen (secondary N) is 2. The smallest absolute Gasteiger partial charge is 0.412 e. The topological polar surface area (TPSA) is 164 Å². The van der Waals surface area contributed by atoms with Crippen molar-refractivity contribution in [2.75, 3.05) is 18.5 Å². The van der Waals surface area contributed by atoms with E-state index in [4.69, 9.17) is 18.9 Å². The van der Waals surface area contributed by atoms with E-state index in [1.54, 1.807) is 13.8 Å². The summed E-state index contributed by atoms with van der Waals surface area (Å²) < 4.78 is 22.8. The molecule has 0 saturated carbocycles. The molecule has 1 fully saturated rings. The van der Waals surface area contributed by atoms with Crippen molar-refractivity contribution in [3.63, 3.8) is 0 Å². The van der Waals surface area contributed by atoms with Crippen LogP contribution in [-0.4, -0.2) is 65.0 Å². The third kappa shape index (κ3) is 7.65. The minimum absolute atomic E-state index is 0.0299. The molecule has 2 N–H and O–H groups in total. The Hall–Kier alpha value is -2.75. The molecule has 0 aromatic carbocycles. The van der Waals surface area contributed by atoms with Crippen LogP contribution in [0.4, 0.5) is 10.6 Å². The summed E-state index contributed by atoms with van der Waals surface area (Å²) in [4.78, 5) is 62.9. The molecule has 13 nitrogen and oxygen atoms in total. The zero-order valence-corrected chi connectivity index (χ0v) is 21.3. The number of esters is 2. The maximum Gasteiger partial charge on any atom is 0.412 e. The number of amides is 2. The molecule has 1 saturated heterocycles. The van der Waals surface area contributed by atoms with Crippen LogP contribution in [0, 0.1) is 3.57 Å². The van der Waals surface area contributed by atoms with Gasteiger partial charge in [-0.3, -0.25) is 24.3 Å². The normalized spacial score (nSPS) is 21.4. The SMILES string of the molecule is CCC(=O)NCCCOC(=O)Nc1nc(=O)n([C@@H]2O[C@H](C)[C@@H](OC(C)=O)[C@H]2OC(C)=O)cc1I. The molecular formula is C20H27IN4O9. The summed E-state index contributed by atoms with van der Waals surface area (Å²) in [6.45, 7) is 6.17. The number of carbonyl (C=O) groups is 4. The van der Waals surface area contributed by atoms with E-state index in [1.807, 2.05) is 22.6 Å². The molecule has 0 radical (unpaired) electrons. The molecule has 1 aromatic rings. The van der Waals surface area contributed by atoms with E-state index >= 15 is 0 Å². The van der Waals surface area contributed by atoms with Crippen molar-refractivity contribution in [1.29, 1.82) is 0 Å². The highest BCUT2D eigenvalue weighted by Gasteiger charge is 2.48. The van der Waals surface area contributed by atoms with E-state index in [9.17, 15) is 24.0 Å². The Labute approximate surface area is 209 Å². The van der Waals surface area contributed by atoms with Crippen molar-refractivity contribution in [2.45, 2.75) is 65.1 Å². The number of carbonyl (C=O) groups excluding carboxylic acids is 4. The van der Waals surface area contributed by atoms with Gasteiger partial charge < -0.3 is 24.3 Å². The molecule has 1 aromatic heterocycles. The monoisotopic (exact) mass is 594 g/mol. The quantitative estimate of drug-likeness (QED) is 0.183. The number of ether oxygens (including phenoxy) is 4. The van der Waals surface area contributed by atoms with Gasteiger partial charge in [-0.2, -0.15) is 4.98 Å². The summed E-state index contributed by atoms with van der Waals surface area (Å²) in [6.07, 6.45) is -2.43. The van der Waals surface area contributed by atoms with Gasteiger partial charge in [-0.25, -0.2) is 9.59 Å². The number of nitrogens with zero attached hydrogens (tertiary/aromatic N) is 2. The largest absolute Gasteiger partial charge is 0.456 e. The van der Waals surface area contributed by atoms with Crippen LogP contribution in [0.3, 0.4) is 0 Å². The molecule has 188 valence electrons. The minimum atomic E-state index is -1.10. The first kappa shape index (κ1) is 27.5. The highest BCUT2D eigenvalue weighted by molar-refractivity contribution is 14.1. The van der Waals surface area contributed by atoms with E-state index in [-0.39, 0.29) is 18.3 Å². The van der Waals surface area contributed by atoms with Crippen LogP contribution in [-0.2, 0) is 33.3 Å². The minimum Gasteiger partial charge on any atom is -0.456 e. The molecule has 0 bridgehead atoms. The van der Waals surface area contributed by atoms with Gasteiger partial charge in [0.25, 0.3) is 0 Å². The van der Waals surface area contributed by atoms with E-state index in [1.165, 1.54) is 20.0 Å². The fraction of sp³-hybridized carbons (Fsp3) is 0.600. The number of hydrogen-bond acceptors (Lipinski definition) is 10. The maximum absolute atomic E-state index is 12.7. The van der Waals surface area contributed by atoms with E-state index < -0.39 is 48.3 Å². The molecule has 1 aliphatic rings. The molecule has 4 atom stereocenters. The first-order chi connectivity index (χ1) is 16.0. The van der Waals surface area contributed by atoms with Crippen molar-refractivity contribution < 1.29 is 38.1 Å². The van der Waals surface area contributed by atoms with Gasteiger partial charge >= 0.3 is 23.7 Å². The van der Waals surface area contributed by atoms with Gasteiger partial charge in [-0.1, -0.05) is 6.92 Å². The fourth-order valence-corrected chi connectivity index (χ4v) is 3.69. The Morgan fingerprint density at radius 2 is 1.82 bits per heavy atom. The van der Waals surface area contributed by atoms with Crippen molar-refractivity contribution in [2.24, 2.45) is 0 Å². The number of hydrogen-bond donors (Lipinski definition) is 2. The molecule has 34 heavy (non-hydrogen) atoms. The van der Waals surface area contributed by atoms with Crippen molar-refractivity contribution in [3.05, 3.63) is 20.3 Å². The third-order valence-electron chi connectivity index (χ3n) is 4.62. The van der Waals surface area contributed by atoms with Gasteiger partial charge in [0.15, 0.2) is 24.3 Å². The molecule has 14 heteroatoms. The van der Waals surface area contributed by atoms with Gasteiger partial charge in [0.1, 0.15) is 0 Å². The van der Waals surface area contributed by atoms with Crippen molar-refractivity contribution >= 4 is 52.3 Å². The van der Waals surface area contributed by atoms with E-state index in [0.717, 1.165) is 4.57 Å². The Bertz CT molecular complexity index is 983. The summed E-state index contributed by atoms with van der Waals surface area (Å²) in [6, 6.07) is 0. The number of rotatable bonds is 9. The lowest BCUT2D eigenvalue weighted by molar-refractivity contribution is -0.165. The van der Waals surface area contributed by atoms with Crippen LogP contribution in [0.1, 0.15) is 46.8 Å².